The third kappa shape index (κ3) is 5.23. The van der Waals surface area contributed by atoms with Crippen molar-refractivity contribution in [1.29, 1.82) is 0 Å². The van der Waals surface area contributed by atoms with Crippen LogP contribution >= 0.6 is 15.9 Å². The molecule has 0 aliphatic rings. The van der Waals surface area contributed by atoms with Crippen LogP contribution in [0, 0.1) is 5.82 Å². The average Bonchev–Trinajstić information content (AvgIpc) is 3.21. The van der Waals surface area contributed by atoms with E-state index in [1.807, 2.05) is 41.1 Å². The van der Waals surface area contributed by atoms with Crippen LogP contribution in [-0.4, -0.2) is 27.5 Å². The van der Waals surface area contributed by atoms with Crippen LogP contribution in [-0.2, 0) is 17.8 Å². The maximum atomic E-state index is 13.9. The Bertz CT molecular complexity index is 1240. The molecule has 3 aromatic carbocycles. The highest BCUT2D eigenvalue weighted by molar-refractivity contribution is 9.10. The minimum absolute atomic E-state index is 0.326. The smallest absolute Gasteiger partial charge is 0.341 e. The molecule has 1 N–H and O–H groups in total. The number of aliphatic carboxylic acids is 1. The van der Waals surface area contributed by atoms with Crippen LogP contribution in [0.3, 0.4) is 0 Å². The number of rotatable bonds is 8. The maximum Gasteiger partial charge on any atom is 0.341 e. The third-order valence-electron chi connectivity index (χ3n) is 4.92. The Morgan fingerprint density at radius 3 is 2.59 bits per heavy atom. The summed E-state index contributed by atoms with van der Waals surface area (Å²) in [6.07, 6.45) is 0.755. The number of carboxylic acids is 1. The second-order valence-corrected chi connectivity index (χ2v) is 8.12. The van der Waals surface area contributed by atoms with Gasteiger partial charge >= 0.3 is 5.97 Å². The fourth-order valence-corrected chi connectivity index (χ4v) is 3.81. The molecule has 162 valence electrons. The van der Waals surface area contributed by atoms with E-state index in [1.165, 1.54) is 17.7 Å². The summed E-state index contributed by atoms with van der Waals surface area (Å²) in [5.41, 5.74) is 3.90. The van der Waals surface area contributed by atoms with E-state index in [9.17, 15) is 9.18 Å². The lowest BCUT2D eigenvalue weighted by molar-refractivity contribution is -0.139. The topological polar surface area (TPSA) is 64.3 Å². The monoisotopic (exact) mass is 494 g/mol. The molecule has 0 atom stereocenters. The SMILES string of the molecule is O=C(O)COc1ccc(Br)cc1-c1cc(-c2cccc(F)c2)n(CCc2ccccc2)n1. The maximum absolute atomic E-state index is 13.9. The third-order valence-corrected chi connectivity index (χ3v) is 5.42. The van der Waals surface area contributed by atoms with Gasteiger partial charge in [0.05, 0.1) is 11.4 Å². The van der Waals surface area contributed by atoms with Crippen molar-refractivity contribution in [3.8, 4) is 28.3 Å². The second-order valence-electron chi connectivity index (χ2n) is 7.21. The molecule has 1 aromatic heterocycles. The lowest BCUT2D eigenvalue weighted by Gasteiger charge is -2.09. The van der Waals surface area contributed by atoms with Crippen LogP contribution < -0.4 is 4.74 Å². The van der Waals surface area contributed by atoms with Gasteiger partial charge in [-0.25, -0.2) is 9.18 Å². The van der Waals surface area contributed by atoms with Crippen LogP contribution in [0.25, 0.3) is 22.5 Å². The van der Waals surface area contributed by atoms with Crippen molar-refractivity contribution in [3.63, 3.8) is 0 Å². The standard InChI is InChI=1S/C25H20BrFN2O3/c26-19-9-10-24(32-16-25(30)31)21(14-19)22-15-23(18-7-4-8-20(27)13-18)29(28-22)12-11-17-5-2-1-3-6-17/h1-10,13-15H,11-12,16H2,(H,30,31). The molecular weight excluding hydrogens is 475 g/mol. The van der Waals surface area contributed by atoms with Gasteiger partial charge in [-0.05, 0) is 48.4 Å². The predicted molar refractivity (Wildman–Crippen MR) is 124 cm³/mol. The molecule has 32 heavy (non-hydrogen) atoms. The van der Waals surface area contributed by atoms with E-state index >= 15 is 0 Å². The molecule has 0 bridgehead atoms. The van der Waals surface area contributed by atoms with Crippen molar-refractivity contribution in [2.75, 3.05) is 6.61 Å². The molecule has 0 fully saturated rings. The van der Waals surface area contributed by atoms with Crippen molar-refractivity contribution < 1.29 is 19.0 Å². The van der Waals surface area contributed by atoms with Gasteiger partial charge in [0.1, 0.15) is 11.6 Å². The summed E-state index contributed by atoms with van der Waals surface area (Å²) in [4.78, 5) is 11.0. The van der Waals surface area contributed by atoms with Gasteiger partial charge in [0, 0.05) is 22.1 Å². The molecule has 0 aliphatic heterocycles. The fourth-order valence-electron chi connectivity index (χ4n) is 3.45. The Kier molecular flexibility index (Phi) is 6.66. The van der Waals surface area contributed by atoms with Crippen molar-refractivity contribution in [3.05, 3.63) is 94.7 Å². The number of hydrogen-bond acceptors (Lipinski definition) is 3. The molecular formula is C25H20BrFN2O3. The highest BCUT2D eigenvalue weighted by Crippen LogP contribution is 2.35. The quantitative estimate of drug-likeness (QED) is 0.335. The number of ether oxygens (including phenoxy) is 1. The number of aromatic nitrogens is 2. The number of hydrogen-bond donors (Lipinski definition) is 1. The molecule has 4 aromatic rings. The minimum Gasteiger partial charge on any atom is -0.481 e. The van der Waals surface area contributed by atoms with E-state index in [0.29, 0.717) is 29.1 Å². The van der Waals surface area contributed by atoms with Crippen LogP contribution in [0.5, 0.6) is 5.75 Å². The van der Waals surface area contributed by atoms with E-state index in [-0.39, 0.29) is 5.82 Å². The van der Waals surface area contributed by atoms with E-state index in [2.05, 4.69) is 28.1 Å². The molecule has 1 heterocycles. The van der Waals surface area contributed by atoms with Gasteiger partial charge in [-0.15, -0.1) is 0 Å². The summed E-state index contributed by atoms with van der Waals surface area (Å²) in [5.74, 6) is -0.977. The fraction of sp³-hybridized carbons (Fsp3) is 0.120. The highest BCUT2D eigenvalue weighted by Gasteiger charge is 2.17. The molecule has 0 amide bonds. The molecule has 0 aliphatic carbocycles. The van der Waals surface area contributed by atoms with Gasteiger partial charge in [0.15, 0.2) is 6.61 Å². The largest absolute Gasteiger partial charge is 0.481 e. The van der Waals surface area contributed by atoms with Gasteiger partial charge < -0.3 is 9.84 Å². The summed E-state index contributed by atoms with van der Waals surface area (Å²) in [7, 11) is 0. The van der Waals surface area contributed by atoms with Gasteiger partial charge in [0.2, 0.25) is 0 Å². The number of halogens is 2. The lowest BCUT2D eigenvalue weighted by Crippen LogP contribution is -2.10. The molecule has 7 heteroatoms. The van der Waals surface area contributed by atoms with E-state index in [0.717, 1.165) is 16.6 Å². The normalized spacial score (nSPS) is 10.8. The molecule has 4 rings (SSSR count). The van der Waals surface area contributed by atoms with Gasteiger partial charge in [-0.2, -0.15) is 5.10 Å². The average molecular weight is 495 g/mol. The van der Waals surface area contributed by atoms with Crippen molar-refractivity contribution in [2.24, 2.45) is 0 Å². The van der Waals surface area contributed by atoms with E-state index in [1.54, 1.807) is 18.2 Å². The summed E-state index contributed by atoms with van der Waals surface area (Å²) in [5, 5.41) is 13.8. The zero-order chi connectivity index (χ0) is 22.5. The van der Waals surface area contributed by atoms with Crippen LogP contribution in [0.2, 0.25) is 0 Å². The van der Waals surface area contributed by atoms with Crippen molar-refractivity contribution >= 4 is 21.9 Å². The first-order chi connectivity index (χ1) is 15.5. The van der Waals surface area contributed by atoms with E-state index < -0.39 is 12.6 Å². The predicted octanol–water partition coefficient (Wildman–Crippen LogP) is 5.82. The summed E-state index contributed by atoms with van der Waals surface area (Å²) < 4.78 is 22.1. The number of nitrogens with zero attached hydrogens (tertiary/aromatic N) is 2. The Morgan fingerprint density at radius 1 is 1.03 bits per heavy atom. The van der Waals surface area contributed by atoms with Crippen LogP contribution in [0.1, 0.15) is 5.56 Å². The van der Waals surface area contributed by atoms with Gasteiger partial charge in [0.25, 0.3) is 0 Å². The Morgan fingerprint density at radius 2 is 1.84 bits per heavy atom. The molecule has 0 saturated heterocycles. The summed E-state index contributed by atoms with van der Waals surface area (Å²) in [6.45, 7) is 0.134. The number of benzene rings is 3. The second kappa shape index (κ2) is 9.78. The minimum atomic E-state index is -1.06. The number of carbonyl (C=O) groups is 1. The van der Waals surface area contributed by atoms with Gasteiger partial charge in [-0.3, -0.25) is 4.68 Å². The number of aryl methyl sites for hydroxylation is 2. The lowest BCUT2D eigenvalue weighted by atomic mass is 10.1. The zero-order valence-electron chi connectivity index (χ0n) is 17.0. The Labute approximate surface area is 193 Å². The first kappa shape index (κ1) is 21.8. The first-order valence-corrected chi connectivity index (χ1v) is 10.8. The Hall–Kier alpha value is -3.45. The highest BCUT2D eigenvalue weighted by atomic mass is 79.9. The van der Waals surface area contributed by atoms with E-state index in [4.69, 9.17) is 14.9 Å². The van der Waals surface area contributed by atoms with Crippen molar-refractivity contribution in [1.82, 2.24) is 9.78 Å². The molecule has 0 spiro atoms. The van der Waals surface area contributed by atoms with Gasteiger partial charge in [-0.1, -0.05) is 58.4 Å². The molecule has 5 nitrogen and oxygen atoms in total. The van der Waals surface area contributed by atoms with Crippen LogP contribution in [0.4, 0.5) is 4.39 Å². The van der Waals surface area contributed by atoms with Crippen LogP contribution in [0.15, 0.2) is 83.3 Å². The summed E-state index contributed by atoms with van der Waals surface area (Å²) >= 11 is 3.46. The molecule has 0 radical (unpaired) electrons. The first-order valence-electron chi connectivity index (χ1n) is 10.0. The Balaban J connectivity index is 1.75. The molecule has 0 unspecified atom stereocenters. The number of carboxylic acid groups (broad SMARTS) is 1. The zero-order valence-corrected chi connectivity index (χ0v) is 18.6. The summed E-state index contributed by atoms with van der Waals surface area (Å²) in [6, 6.07) is 23.6. The van der Waals surface area contributed by atoms with Crippen molar-refractivity contribution in [2.45, 2.75) is 13.0 Å². The molecule has 0 saturated carbocycles.